The van der Waals surface area contributed by atoms with Gasteiger partial charge in [0.1, 0.15) is 5.75 Å². The molecule has 2 rings (SSSR count). The SMILES string of the molecule is COc1ccc(Br)cc1CC(N)c1ccncc1Cl. The Morgan fingerprint density at radius 1 is 1.42 bits per heavy atom. The number of ether oxygens (including phenoxy) is 1. The van der Waals surface area contributed by atoms with E-state index in [1.54, 1.807) is 19.5 Å². The summed E-state index contributed by atoms with van der Waals surface area (Å²) in [6.45, 7) is 0. The largest absolute Gasteiger partial charge is 0.496 e. The van der Waals surface area contributed by atoms with E-state index in [9.17, 15) is 0 Å². The molecule has 0 aliphatic rings. The van der Waals surface area contributed by atoms with Crippen molar-refractivity contribution in [1.82, 2.24) is 4.98 Å². The van der Waals surface area contributed by atoms with Crippen molar-refractivity contribution in [2.45, 2.75) is 12.5 Å². The van der Waals surface area contributed by atoms with E-state index in [0.29, 0.717) is 11.4 Å². The average Bonchev–Trinajstić information content (AvgIpc) is 2.39. The minimum atomic E-state index is -0.196. The summed E-state index contributed by atoms with van der Waals surface area (Å²) in [5.74, 6) is 0.823. The van der Waals surface area contributed by atoms with Crippen LogP contribution in [0.5, 0.6) is 5.75 Å². The molecule has 0 spiro atoms. The Hall–Kier alpha value is -1.10. The topological polar surface area (TPSA) is 48.1 Å². The third-order valence-corrected chi connectivity index (χ3v) is 3.69. The van der Waals surface area contributed by atoms with Gasteiger partial charge in [0.15, 0.2) is 0 Å². The number of hydrogen-bond donors (Lipinski definition) is 1. The van der Waals surface area contributed by atoms with Crippen molar-refractivity contribution in [2.24, 2.45) is 5.73 Å². The van der Waals surface area contributed by atoms with Crippen LogP contribution in [0.15, 0.2) is 41.1 Å². The maximum Gasteiger partial charge on any atom is 0.122 e. The molecule has 0 amide bonds. The summed E-state index contributed by atoms with van der Waals surface area (Å²) in [5.41, 5.74) is 8.15. The Morgan fingerprint density at radius 3 is 2.89 bits per heavy atom. The summed E-state index contributed by atoms with van der Waals surface area (Å²) in [6.07, 6.45) is 3.94. The zero-order valence-corrected chi connectivity index (χ0v) is 12.8. The molecule has 0 saturated carbocycles. The lowest BCUT2D eigenvalue weighted by atomic mass is 10.00. The zero-order valence-electron chi connectivity index (χ0n) is 10.4. The van der Waals surface area contributed by atoms with Crippen molar-refractivity contribution >= 4 is 27.5 Å². The zero-order chi connectivity index (χ0) is 13.8. The van der Waals surface area contributed by atoms with Crippen molar-refractivity contribution < 1.29 is 4.74 Å². The molecule has 100 valence electrons. The third kappa shape index (κ3) is 3.47. The summed E-state index contributed by atoms with van der Waals surface area (Å²) in [7, 11) is 1.65. The smallest absolute Gasteiger partial charge is 0.122 e. The Balaban J connectivity index is 2.26. The first kappa shape index (κ1) is 14.3. The van der Waals surface area contributed by atoms with Gasteiger partial charge >= 0.3 is 0 Å². The maximum absolute atomic E-state index is 6.22. The second-order valence-electron chi connectivity index (χ2n) is 4.16. The molecular weight excluding hydrogens is 328 g/mol. The molecule has 1 aromatic carbocycles. The van der Waals surface area contributed by atoms with E-state index >= 15 is 0 Å². The van der Waals surface area contributed by atoms with Gasteiger partial charge in [0, 0.05) is 22.9 Å². The number of halogens is 2. The number of nitrogens with zero attached hydrogens (tertiary/aromatic N) is 1. The number of nitrogens with two attached hydrogens (primary N) is 1. The molecule has 19 heavy (non-hydrogen) atoms. The predicted molar refractivity (Wildman–Crippen MR) is 80.6 cm³/mol. The average molecular weight is 342 g/mol. The van der Waals surface area contributed by atoms with Crippen LogP contribution in [0.2, 0.25) is 5.02 Å². The van der Waals surface area contributed by atoms with Crippen LogP contribution in [-0.2, 0) is 6.42 Å². The van der Waals surface area contributed by atoms with E-state index in [0.717, 1.165) is 21.3 Å². The van der Waals surface area contributed by atoms with Gasteiger partial charge in [-0.25, -0.2) is 0 Å². The van der Waals surface area contributed by atoms with Gasteiger partial charge in [-0.3, -0.25) is 4.98 Å². The summed E-state index contributed by atoms with van der Waals surface area (Å²) < 4.78 is 6.34. The lowest BCUT2D eigenvalue weighted by Gasteiger charge is -2.16. The third-order valence-electron chi connectivity index (χ3n) is 2.89. The second-order valence-corrected chi connectivity index (χ2v) is 5.49. The van der Waals surface area contributed by atoms with E-state index in [1.165, 1.54) is 0 Å². The van der Waals surface area contributed by atoms with Crippen LogP contribution >= 0.6 is 27.5 Å². The van der Waals surface area contributed by atoms with Gasteiger partial charge in [0.05, 0.1) is 12.1 Å². The normalized spacial score (nSPS) is 12.2. The van der Waals surface area contributed by atoms with Crippen LogP contribution in [0.3, 0.4) is 0 Å². The Bertz CT molecular complexity index is 577. The minimum absolute atomic E-state index is 0.196. The van der Waals surface area contributed by atoms with Gasteiger partial charge in [-0.05, 0) is 41.8 Å². The molecule has 0 fully saturated rings. The fraction of sp³-hybridized carbons (Fsp3) is 0.214. The van der Waals surface area contributed by atoms with Crippen molar-refractivity contribution in [3.8, 4) is 5.75 Å². The van der Waals surface area contributed by atoms with E-state index in [2.05, 4.69) is 20.9 Å². The van der Waals surface area contributed by atoms with Crippen molar-refractivity contribution in [3.63, 3.8) is 0 Å². The number of hydrogen-bond acceptors (Lipinski definition) is 3. The van der Waals surface area contributed by atoms with Crippen LogP contribution in [-0.4, -0.2) is 12.1 Å². The van der Waals surface area contributed by atoms with Gasteiger partial charge in [-0.1, -0.05) is 27.5 Å². The van der Waals surface area contributed by atoms with Crippen molar-refractivity contribution in [1.29, 1.82) is 0 Å². The molecule has 1 aromatic heterocycles. The fourth-order valence-corrected chi connectivity index (χ4v) is 2.61. The molecule has 1 atom stereocenters. The molecule has 0 saturated heterocycles. The molecular formula is C14H14BrClN2O. The van der Waals surface area contributed by atoms with E-state index in [1.807, 2.05) is 24.3 Å². The first-order valence-electron chi connectivity index (χ1n) is 5.79. The molecule has 0 radical (unpaired) electrons. The van der Waals surface area contributed by atoms with Crippen LogP contribution in [0, 0.1) is 0 Å². The number of methoxy groups -OCH3 is 1. The number of aromatic nitrogens is 1. The Morgan fingerprint density at radius 2 is 2.21 bits per heavy atom. The Kier molecular flexibility index (Phi) is 4.80. The highest BCUT2D eigenvalue weighted by molar-refractivity contribution is 9.10. The first-order valence-corrected chi connectivity index (χ1v) is 6.96. The molecule has 2 N–H and O–H groups in total. The van der Waals surface area contributed by atoms with Crippen LogP contribution in [0.25, 0.3) is 0 Å². The quantitative estimate of drug-likeness (QED) is 0.921. The highest BCUT2D eigenvalue weighted by atomic mass is 79.9. The first-order chi connectivity index (χ1) is 9.11. The highest BCUT2D eigenvalue weighted by Crippen LogP contribution is 2.29. The highest BCUT2D eigenvalue weighted by Gasteiger charge is 2.13. The molecule has 2 aromatic rings. The molecule has 3 nitrogen and oxygen atoms in total. The molecule has 1 unspecified atom stereocenters. The maximum atomic E-state index is 6.22. The lowest BCUT2D eigenvalue weighted by Crippen LogP contribution is -2.14. The molecule has 0 bridgehead atoms. The van der Waals surface area contributed by atoms with Gasteiger partial charge in [-0.2, -0.15) is 0 Å². The van der Waals surface area contributed by atoms with E-state index < -0.39 is 0 Å². The minimum Gasteiger partial charge on any atom is -0.496 e. The summed E-state index contributed by atoms with van der Waals surface area (Å²) in [4.78, 5) is 3.96. The molecule has 0 aliphatic carbocycles. The molecule has 5 heteroatoms. The summed E-state index contributed by atoms with van der Waals surface area (Å²) in [6, 6.07) is 7.51. The molecule has 0 aliphatic heterocycles. The second kappa shape index (κ2) is 6.37. The fourth-order valence-electron chi connectivity index (χ4n) is 1.94. The monoisotopic (exact) mass is 340 g/mol. The van der Waals surface area contributed by atoms with Gasteiger partial charge in [0.25, 0.3) is 0 Å². The van der Waals surface area contributed by atoms with E-state index in [4.69, 9.17) is 22.1 Å². The Labute approximate surface area is 125 Å². The van der Waals surface area contributed by atoms with Crippen LogP contribution < -0.4 is 10.5 Å². The van der Waals surface area contributed by atoms with Gasteiger partial charge in [-0.15, -0.1) is 0 Å². The van der Waals surface area contributed by atoms with Crippen molar-refractivity contribution in [3.05, 3.63) is 57.3 Å². The lowest BCUT2D eigenvalue weighted by molar-refractivity contribution is 0.408. The number of pyridine rings is 1. The van der Waals surface area contributed by atoms with Crippen LogP contribution in [0.1, 0.15) is 17.2 Å². The number of benzene rings is 1. The van der Waals surface area contributed by atoms with Crippen LogP contribution in [0.4, 0.5) is 0 Å². The molecule has 1 heterocycles. The number of rotatable bonds is 4. The summed E-state index contributed by atoms with van der Waals surface area (Å²) in [5, 5.41) is 0.587. The van der Waals surface area contributed by atoms with E-state index in [-0.39, 0.29) is 6.04 Å². The standard InChI is InChI=1S/C14H14BrClN2O/c1-19-14-3-2-10(15)6-9(14)7-13(17)11-4-5-18-8-12(11)16/h2-6,8,13H,7,17H2,1H3. The predicted octanol–water partition coefficient (Wildman–Crippen LogP) is 3.75. The van der Waals surface area contributed by atoms with Crippen molar-refractivity contribution in [2.75, 3.05) is 7.11 Å². The van der Waals surface area contributed by atoms with Gasteiger partial charge in [0.2, 0.25) is 0 Å². The summed E-state index contributed by atoms with van der Waals surface area (Å²) >= 11 is 9.56. The van der Waals surface area contributed by atoms with Gasteiger partial charge < -0.3 is 10.5 Å².